The molecule has 1 aliphatic heterocycles. The van der Waals surface area contributed by atoms with Crippen molar-refractivity contribution in [2.24, 2.45) is 0 Å². The predicted octanol–water partition coefficient (Wildman–Crippen LogP) is 0.626. The fourth-order valence-electron chi connectivity index (χ4n) is 7.54. The van der Waals surface area contributed by atoms with Crippen LogP contribution in [0, 0.1) is 0 Å². The number of sulfonamides is 1. The molecule has 0 spiro atoms. The minimum Gasteiger partial charge on any atom is -0.452 e. The van der Waals surface area contributed by atoms with Crippen LogP contribution in [0.1, 0.15) is 142 Å². The van der Waals surface area contributed by atoms with Gasteiger partial charge in [0, 0.05) is 44.8 Å². The Kier molecular flexibility index (Phi) is 34.5. The molecule has 2 heterocycles. The Morgan fingerprint density at radius 2 is 0.724 bits per heavy atom. The molecule has 98 heavy (non-hydrogen) atoms. The molecule has 1 aromatic heterocycles. The highest BCUT2D eigenvalue weighted by atomic mass is 32.3. The molecule has 1 aromatic rings. The van der Waals surface area contributed by atoms with E-state index in [1.807, 2.05) is 0 Å². The number of sulfone groups is 1. The normalized spacial score (nSPS) is 17.7. The molecule has 0 unspecified atom stereocenters. The number of ketones is 1. The molecular formula is C59H84N2O34S3. The molecule has 2 rings (SSSR count). The zero-order chi connectivity index (χ0) is 75.0. The van der Waals surface area contributed by atoms with Gasteiger partial charge in [0.1, 0.15) is 14.2 Å². The number of hydrogen-bond acceptors (Lipinski definition) is 36. The third-order valence-corrected chi connectivity index (χ3v) is 19.0. The second kappa shape index (κ2) is 39.4. The summed E-state index contributed by atoms with van der Waals surface area (Å²) in [6.45, 7) is 18.9. The van der Waals surface area contributed by atoms with Crippen molar-refractivity contribution in [1.82, 2.24) is 9.62 Å². The summed E-state index contributed by atoms with van der Waals surface area (Å²) >= 11 is 0.479. The smallest absolute Gasteiger partial charge is 0.347 e. The number of nitrogens with zero attached hydrogens (tertiary/aromatic N) is 1. The number of likely N-dealkylation sites (N-methyl/N-ethyl adjacent to an activating group) is 1. The van der Waals surface area contributed by atoms with Crippen molar-refractivity contribution in [2.45, 2.75) is 230 Å². The molecule has 15 atom stereocenters. The Morgan fingerprint density at radius 3 is 0.980 bits per heavy atom. The van der Waals surface area contributed by atoms with Crippen LogP contribution in [0.3, 0.4) is 0 Å². The molecule has 36 nitrogen and oxygen atoms in total. The lowest BCUT2D eigenvalue weighted by molar-refractivity contribution is -0.190. The van der Waals surface area contributed by atoms with Gasteiger partial charge >= 0.3 is 83.6 Å². The van der Waals surface area contributed by atoms with Crippen LogP contribution in [0.5, 0.6) is 0 Å². The molecule has 1 N–H and O–H groups in total. The number of carbonyl (C=O) groups is 15. The van der Waals surface area contributed by atoms with Gasteiger partial charge < -0.3 is 76.4 Å². The number of nitrogens with one attached hydrogen (secondary N) is 1. The number of esters is 14. The average Bonchev–Trinajstić information content (AvgIpc) is 1.57. The molecule has 0 radical (unpaired) electrons. The summed E-state index contributed by atoms with van der Waals surface area (Å²) in [4.78, 5) is 190. The molecule has 0 aliphatic carbocycles. The second-order valence-corrected chi connectivity index (χ2v) is 27.2. The quantitative estimate of drug-likeness (QED) is 0.0536. The lowest BCUT2D eigenvalue weighted by Crippen LogP contribution is -2.43. The van der Waals surface area contributed by atoms with Gasteiger partial charge in [0.15, 0.2) is 101 Å². The Labute approximate surface area is 568 Å². The summed E-state index contributed by atoms with van der Waals surface area (Å²) in [7, 11) is -7.14. The van der Waals surface area contributed by atoms with Gasteiger partial charge in [0.05, 0.1) is 0 Å². The summed E-state index contributed by atoms with van der Waals surface area (Å²) in [5.41, 5.74) is 0.218. The summed E-state index contributed by atoms with van der Waals surface area (Å²) in [5, 5.41) is 3.14. The van der Waals surface area contributed by atoms with Crippen molar-refractivity contribution in [3.05, 3.63) is 11.6 Å². The van der Waals surface area contributed by atoms with Crippen LogP contribution in [0.15, 0.2) is 14.5 Å². The molecule has 1 aliphatic rings. The first-order valence-electron chi connectivity index (χ1n) is 30.4. The number of hydrogen-bond donors (Lipinski definition) is 1. The van der Waals surface area contributed by atoms with Crippen molar-refractivity contribution in [1.29, 1.82) is 0 Å². The second-order valence-electron chi connectivity index (χ2n) is 21.8. The van der Waals surface area contributed by atoms with E-state index >= 15 is 0 Å². The molecule has 552 valence electrons. The number of Topliss-reactive ketones (excluding diaryl/α,β-unsaturated/α-hetero) is 1. The molecule has 39 heteroatoms. The first kappa shape index (κ1) is 85.8. The van der Waals surface area contributed by atoms with E-state index in [1.165, 1.54) is 24.4 Å². The summed E-state index contributed by atoms with van der Waals surface area (Å²) < 4.78 is 129. The largest absolute Gasteiger partial charge is 0.452 e. The van der Waals surface area contributed by atoms with Crippen molar-refractivity contribution >= 4 is 121 Å². The maximum absolute atomic E-state index is 13.5. The maximum atomic E-state index is 13.5. The number of carbonyl (C=O) groups excluding carboxylic acids is 15. The Bertz CT molecular complexity index is 3310. The molecular weight excluding hydrogens is 1380 g/mol. The van der Waals surface area contributed by atoms with E-state index < -0.39 is 211 Å². The van der Waals surface area contributed by atoms with Gasteiger partial charge in [-0.1, -0.05) is 13.8 Å². The maximum Gasteiger partial charge on any atom is 0.347 e. The molecule has 0 bridgehead atoms. The van der Waals surface area contributed by atoms with Crippen LogP contribution >= 0.6 is 11.3 Å². The Balaban J connectivity index is 1.81. The van der Waals surface area contributed by atoms with Gasteiger partial charge in [-0.2, -0.15) is 4.31 Å². The topological polar surface area (TPSA) is 478 Å². The molecule has 0 fully saturated rings. The van der Waals surface area contributed by atoms with Crippen molar-refractivity contribution in [3.8, 4) is 0 Å². The van der Waals surface area contributed by atoms with Crippen LogP contribution in [-0.4, -0.2) is 235 Å². The molecule has 0 saturated carbocycles. The summed E-state index contributed by atoms with van der Waals surface area (Å²) in [6, 6.07) is 0.633. The van der Waals surface area contributed by atoms with Gasteiger partial charge in [0.25, 0.3) is 10.0 Å². The molecule has 0 amide bonds. The van der Waals surface area contributed by atoms with Crippen molar-refractivity contribution < 1.29 is 160 Å². The van der Waals surface area contributed by atoms with E-state index in [-0.39, 0.29) is 35.9 Å². The number of methoxy groups -OCH3 is 1. The highest BCUT2D eigenvalue weighted by Gasteiger charge is 2.42. The van der Waals surface area contributed by atoms with E-state index in [9.17, 15) is 88.8 Å². The minimum atomic E-state index is -4.49. The first-order valence-corrected chi connectivity index (χ1v) is 34.3. The zero-order valence-corrected chi connectivity index (χ0v) is 59.4. The van der Waals surface area contributed by atoms with Crippen LogP contribution in [-0.2, 0) is 163 Å². The van der Waals surface area contributed by atoms with Crippen molar-refractivity contribution in [3.63, 3.8) is 0 Å². The van der Waals surface area contributed by atoms with Gasteiger partial charge in [0.2, 0.25) is 0 Å². The standard InChI is InChI=1S/C59H84N2O34S3/c1-18-21-44(63)82-28(4)46(64)84-30(6)48(66)86-32(8)50(68)88-34(10)52(70)90-36(12)54(72)92-38(14)56(74)94-40(16)58(76)95-39(15)57(75)93-37(13)55(73)91-35(11)53(71)89-33(9)51(69)87-31(7)49(67)85-29(5)47(65)83-27(3)43(62)26-97(77,78)45-24-41-42(60-19-2)25-61(22-20-23-81-17)98(79,80)59(41)96-45/h24,27-40,42,60H,18-23,25-26H2,1-17H3/t27-,28-,29-,30-,31-,32-,33-,34-,35-,36-,37-,38-,39-,40-,42-/m0/s1. The van der Waals surface area contributed by atoms with Gasteiger partial charge in [-0.3, -0.25) is 9.59 Å². The van der Waals surface area contributed by atoms with Gasteiger partial charge in [-0.25, -0.2) is 79.2 Å². The Hall–Kier alpha value is -8.27. The van der Waals surface area contributed by atoms with Crippen LogP contribution in [0.2, 0.25) is 0 Å². The lowest BCUT2D eigenvalue weighted by atomic mass is 10.1. The van der Waals surface area contributed by atoms with E-state index in [4.69, 9.17) is 71.1 Å². The number of thiophene rings is 1. The van der Waals surface area contributed by atoms with E-state index in [0.717, 1.165) is 90.0 Å². The van der Waals surface area contributed by atoms with E-state index in [0.29, 0.717) is 30.7 Å². The highest BCUT2D eigenvalue weighted by molar-refractivity contribution is 7.95. The van der Waals surface area contributed by atoms with Crippen LogP contribution < -0.4 is 5.32 Å². The zero-order valence-electron chi connectivity index (χ0n) is 56.9. The number of rotatable bonds is 39. The Morgan fingerprint density at radius 1 is 0.459 bits per heavy atom. The molecule has 0 aromatic carbocycles. The monoisotopic (exact) mass is 1460 g/mol. The number of ether oxygens (including phenoxy) is 15. The van der Waals surface area contributed by atoms with E-state index in [1.54, 1.807) is 13.8 Å². The molecule has 0 saturated heterocycles. The van der Waals surface area contributed by atoms with Gasteiger partial charge in [-0.15, -0.1) is 11.3 Å². The van der Waals surface area contributed by atoms with Crippen LogP contribution in [0.4, 0.5) is 0 Å². The highest BCUT2D eigenvalue weighted by Crippen LogP contribution is 2.41. The van der Waals surface area contributed by atoms with Gasteiger partial charge in [-0.05, 0) is 122 Å². The summed E-state index contributed by atoms with van der Waals surface area (Å²) in [5.74, 6) is -19.9. The van der Waals surface area contributed by atoms with Crippen molar-refractivity contribution in [2.75, 3.05) is 39.1 Å². The lowest BCUT2D eigenvalue weighted by Gasteiger charge is -2.32. The fourth-order valence-corrected chi connectivity index (χ4v) is 12.8. The van der Waals surface area contributed by atoms with Crippen LogP contribution in [0.25, 0.3) is 0 Å². The third-order valence-electron chi connectivity index (χ3n) is 13.2. The number of fused-ring (bicyclic) bond motifs is 1. The first-order chi connectivity index (χ1) is 45.4. The predicted molar refractivity (Wildman–Crippen MR) is 326 cm³/mol. The SMILES string of the molecule is CCCC(=O)O[C@@H](C)C(=O)O[C@@H](C)C(=O)O[C@@H](C)C(=O)O[C@@H](C)C(=O)O[C@@H](C)C(=O)O[C@@H](C)C(=O)O[C@@H](C)C(=O)O[C@@H](C)C(=O)O[C@@H](C)C(=O)O[C@@H](C)C(=O)O[C@@H](C)C(=O)O[C@@H](C)C(=O)O[C@@H](C)C(=O)O[C@@H](C)C(=O)CS(=O)(=O)c1cc2c(s1)S(=O)(=O)N(CCCOC)C[C@@H]2NCC. The minimum absolute atomic E-state index is 0.0203. The average molecular weight is 1460 g/mol. The third kappa shape index (κ3) is 26.5. The summed E-state index contributed by atoms with van der Waals surface area (Å²) in [6.07, 6.45) is -23.1. The van der Waals surface area contributed by atoms with E-state index in [2.05, 4.69) is 5.32 Å². The fraction of sp³-hybridized carbons (Fsp3) is 0.678.